The minimum absolute atomic E-state index is 1.00. The molecule has 144 valence electrons. The van der Waals surface area contributed by atoms with Gasteiger partial charge in [0.15, 0.2) is 0 Å². The monoisotopic (exact) mass is 395 g/mol. The molecular formula is C28H17N3. The Kier molecular flexibility index (Phi) is 2.74. The molecule has 0 fully saturated rings. The molecule has 6 aromatic rings. The average Bonchev–Trinajstić information content (AvgIpc) is 3.53. The van der Waals surface area contributed by atoms with Crippen molar-refractivity contribution in [2.75, 3.05) is 0 Å². The van der Waals surface area contributed by atoms with Gasteiger partial charge in [-0.2, -0.15) is 0 Å². The van der Waals surface area contributed by atoms with Gasteiger partial charge in [0.2, 0.25) is 0 Å². The number of rotatable bonds is 0. The third kappa shape index (κ3) is 1.85. The van der Waals surface area contributed by atoms with Crippen molar-refractivity contribution in [2.45, 2.75) is 12.8 Å². The lowest BCUT2D eigenvalue weighted by atomic mass is 9.93. The molecule has 0 atom stereocenters. The summed E-state index contributed by atoms with van der Waals surface area (Å²) >= 11 is 0. The van der Waals surface area contributed by atoms with Crippen molar-refractivity contribution >= 4 is 27.3 Å². The highest BCUT2D eigenvalue weighted by Crippen LogP contribution is 2.49. The quantitative estimate of drug-likeness (QED) is 0.287. The first kappa shape index (κ1) is 15.8. The fraction of sp³-hybridized carbons (Fsp3) is 0.0714. The van der Waals surface area contributed by atoms with Crippen molar-refractivity contribution in [3.63, 3.8) is 0 Å². The zero-order chi connectivity index (χ0) is 20.1. The molecule has 0 aliphatic heterocycles. The summed E-state index contributed by atoms with van der Waals surface area (Å²) in [6.45, 7) is 0. The molecule has 3 nitrogen and oxygen atoms in total. The molecule has 0 spiro atoms. The van der Waals surface area contributed by atoms with Crippen LogP contribution in [0.5, 0.6) is 0 Å². The highest BCUT2D eigenvalue weighted by Gasteiger charge is 2.29. The van der Waals surface area contributed by atoms with E-state index in [2.05, 4.69) is 64.0 Å². The van der Waals surface area contributed by atoms with E-state index in [0.717, 1.165) is 24.0 Å². The third-order valence-corrected chi connectivity index (χ3v) is 7.24. The smallest absolute Gasteiger partial charge is 0.145 e. The third-order valence-electron chi connectivity index (χ3n) is 7.24. The van der Waals surface area contributed by atoms with Gasteiger partial charge < -0.3 is 0 Å². The molecule has 0 saturated carbocycles. The SMILES string of the molecule is c1ccc2c(c1)Cc1c-2ccc2c1Cc1ccc3c(c1-2)c1ccncc1n1ccnc31. The Morgan fingerprint density at radius 1 is 0.710 bits per heavy atom. The van der Waals surface area contributed by atoms with E-state index in [-0.39, 0.29) is 0 Å². The van der Waals surface area contributed by atoms with E-state index in [1.807, 2.05) is 24.8 Å². The van der Waals surface area contributed by atoms with Gasteiger partial charge in [-0.25, -0.2) is 4.98 Å². The lowest BCUT2D eigenvalue weighted by molar-refractivity contribution is 1.16. The van der Waals surface area contributed by atoms with Crippen LogP contribution in [0.25, 0.3) is 49.6 Å². The molecule has 0 saturated heterocycles. The number of hydrogen-bond donors (Lipinski definition) is 0. The van der Waals surface area contributed by atoms with Crippen LogP contribution < -0.4 is 0 Å². The largest absolute Gasteiger partial charge is 0.298 e. The Balaban J connectivity index is 1.51. The second-order valence-corrected chi connectivity index (χ2v) is 8.66. The Bertz CT molecular complexity index is 1740. The maximum absolute atomic E-state index is 4.70. The van der Waals surface area contributed by atoms with Gasteiger partial charge in [0.05, 0.1) is 11.7 Å². The van der Waals surface area contributed by atoms with Gasteiger partial charge in [-0.1, -0.05) is 48.5 Å². The normalized spacial score (nSPS) is 13.5. The van der Waals surface area contributed by atoms with Crippen LogP contribution in [-0.2, 0) is 12.8 Å². The van der Waals surface area contributed by atoms with Crippen LogP contribution in [0.15, 0.2) is 79.4 Å². The van der Waals surface area contributed by atoms with E-state index in [0.29, 0.717) is 0 Å². The zero-order valence-corrected chi connectivity index (χ0v) is 16.8. The van der Waals surface area contributed by atoms with E-state index < -0.39 is 0 Å². The van der Waals surface area contributed by atoms with Crippen molar-refractivity contribution in [3.05, 3.63) is 102 Å². The van der Waals surface area contributed by atoms with Crippen molar-refractivity contribution < 1.29 is 0 Å². The fourth-order valence-electron chi connectivity index (χ4n) is 5.95. The summed E-state index contributed by atoms with van der Waals surface area (Å²) in [5.74, 6) is 0. The van der Waals surface area contributed by atoms with Crippen LogP contribution in [0.1, 0.15) is 22.3 Å². The van der Waals surface area contributed by atoms with Gasteiger partial charge in [0, 0.05) is 34.7 Å². The average molecular weight is 395 g/mol. The van der Waals surface area contributed by atoms with Crippen LogP contribution in [0.2, 0.25) is 0 Å². The highest BCUT2D eigenvalue weighted by atomic mass is 15.0. The molecule has 0 radical (unpaired) electrons. The molecule has 0 N–H and O–H groups in total. The lowest BCUT2D eigenvalue weighted by Crippen LogP contribution is -1.93. The lowest BCUT2D eigenvalue weighted by Gasteiger charge is -2.13. The van der Waals surface area contributed by atoms with Crippen molar-refractivity contribution in [2.24, 2.45) is 0 Å². The fourth-order valence-corrected chi connectivity index (χ4v) is 5.95. The highest BCUT2D eigenvalue weighted by molar-refractivity contribution is 6.19. The van der Waals surface area contributed by atoms with E-state index in [1.54, 1.807) is 0 Å². The number of hydrogen-bond acceptors (Lipinski definition) is 2. The molecule has 0 bridgehead atoms. The maximum atomic E-state index is 4.70. The predicted octanol–water partition coefficient (Wildman–Crippen LogP) is 6.18. The van der Waals surface area contributed by atoms with Crippen LogP contribution in [0.3, 0.4) is 0 Å². The molecule has 2 aliphatic carbocycles. The minimum Gasteiger partial charge on any atom is -0.298 e. The first-order chi connectivity index (χ1) is 15.4. The molecule has 8 rings (SSSR count). The molecule has 3 heterocycles. The number of benzene rings is 3. The van der Waals surface area contributed by atoms with E-state index in [9.17, 15) is 0 Å². The van der Waals surface area contributed by atoms with Gasteiger partial charge in [-0.3, -0.25) is 9.38 Å². The Morgan fingerprint density at radius 3 is 2.58 bits per heavy atom. The number of nitrogens with zero attached hydrogens (tertiary/aromatic N) is 3. The van der Waals surface area contributed by atoms with Gasteiger partial charge in [-0.05, 0) is 63.4 Å². The Labute approximate surface area is 178 Å². The van der Waals surface area contributed by atoms with Crippen LogP contribution >= 0.6 is 0 Å². The summed E-state index contributed by atoms with van der Waals surface area (Å²) in [5, 5.41) is 3.76. The maximum Gasteiger partial charge on any atom is 0.145 e. The zero-order valence-electron chi connectivity index (χ0n) is 16.8. The van der Waals surface area contributed by atoms with Crippen LogP contribution in [-0.4, -0.2) is 14.4 Å². The van der Waals surface area contributed by atoms with E-state index in [4.69, 9.17) is 4.98 Å². The number of aromatic nitrogens is 3. The first-order valence-electron chi connectivity index (χ1n) is 10.8. The van der Waals surface area contributed by atoms with Gasteiger partial charge in [-0.15, -0.1) is 0 Å². The molecule has 3 heteroatoms. The summed E-state index contributed by atoms with van der Waals surface area (Å²) in [6.07, 6.45) is 9.81. The summed E-state index contributed by atoms with van der Waals surface area (Å²) in [7, 11) is 0. The summed E-state index contributed by atoms with van der Waals surface area (Å²) in [4.78, 5) is 9.11. The second kappa shape index (κ2) is 5.38. The first-order valence-corrected chi connectivity index (χ1v) is 10.8. The van der Waals surface area contributed by atoms with Gasteiger partial charge in [0.25, 0.3) is 0 Å². The number of pyridine rings is 2. The standard InChI is InChI=1S/C28H17N3/c1-2-4-18-16(3-1)13-23-19(18)7-8-20-24(23)14-17-5-6-22-27(26(17)20)21-9-10-29-15-25(21)31-12-11-30-28(22)31/h1-12,15H,13-14H2. The molecule has 31 heavy (non-hydrogen) atoms. The Morgan fingerprint density at radius 2 is 1.58 bits per heavy atom. The second-order valence-electron chi connectivity index (χ2n) is 8.66. The topological polar surface area (TPSA) is 30.2 Å². The van der Waals surface area contributed by atoms with Crippen LogP contribution in [0, 0.1) is 0 Å². The molecule has 3 aromatic carbocycles. The molecule has 3 aromatic heterocycles. The van der Waals surface area contributed by atoms with E-state index >= 15 is 0 Å². The molecule has 0 amide bonds. The van der Waals surface area contributed by atoms with Gasteiger partial charge in [0.1, 0.15) is 5.65 Å². The molecule has 2 aliphatic rings. The minimum atomic E-state index is 1.00. The van der Waals surface area contributed by atoms with Crippen LogP contribution in [0.4, 0.5) is 0 Å². The Hall–Kier alpha value is -3.98. The van der Waals surface area contributed by atoms with Crippen molar-refractivity contribution in [3.8, 4) is 22.3 Å². The summed E-state index contributed by atoms with van der Waals surface area (Å²) in [5.41, 5.74) is 13.6. The number of fused-ring (bicyclic) bond motifs is 14. The molecule has 0 unspecified atom stereocenters. The summed E-state index contributed by atoms with van der Waals surface area (Å²) in [6, 6.07) is 20.3. The van der Waals surface area contributed by atoms with Gasteiger partial charge >= 0.3 is 0 Å². The van der Waals surface area contributed by atoms with Crippen molar-refractivity contribution in [1.29, 1.82) is 0 Å². The molecular weight excluding hydrogens is 378 g/mol. The number of imidazole rings is 1. The van der Waals surface area contributed by atoms with Crippen molar-refractivity contribution in [1.82, 2.24) is 14.4 Å². The van der Waals surface area contributed by atoms with E-state index in [1.165, 1.54) is 60.7 Å². The predicted molar refractivity (Wildman–Crippen MR) is 124 cm³/mol. The summed E-state index contributed by atoms with van der Waals surface area (Å²) < 4.78 is 2.16.